The van der Waals surface area contributed by atoms with Gasteiger partial charge in [-0.1, -0.05) is 12.0 Å². The number of benzene rings is 1. The summed E-state index contributed by atoms with van der Waals surface area (Å²) in [5.74, 6) is 2.29. The SMILES string of the molecule is C#CCN(C)S(=O)(=O)c1cc(N)ccc1C. The predicted octanol–water partition coefficient (Wildman–Crippen LogP) is 0.831. The molecule has 0 saturated carbocycles. The van der Waals surface area contributed by atoms with Crippen molar-refractivity contribution in [3.8, 4) is 12.3 Å². The smallest absolute Gasteiger partial charge is 0.244 e. The molecule has 86 valence electrons. The number of nitrogens with two attached hydrogens (primary N) is 1. The third-order valence-corrected chi connectivity index (χ3v) is 4.16. The molecule has 0 aromatic heterocycles. The molecule has 0 saturated heterocycles. The number of anilines is 1. The van der Waals surface area contributed by atoms with Crippen LogP contribution in [-0.4, -0.2) is 26.3 Å². The monoisotopic (exact) mass is 238 g/mol. The van der Waals surface area contributed by atoms with E-state index < -0.39 is 10.0 Å². The molecule has 5 heteroatoms. The topological polar surface area (TPSA) is 63.4 Å². The van der Waals surface area contributed by atoms with Crippen LogP contribution in [0.2, 0.25) is 0 Å². The highest BCUT2D eigenvalue weighted by atomic mass is 32.2. The fourth-order valence-corrected chi connectivity index (χ4v) is 2.62. The summed E-state index contributed by atoms with van der Waals surface area (Å²) in [5.41, 5.74) is 6.64. The van der Waals surface area contributed by atoms with Crippen molar-refractivity contribution in [2.75, 3.05) is 19.3 Å². The molecule has 0 aliphatic carbocycles. The van der Waals surface area contributed by atoms with Gasteiger partial charge in [-0.2, -0.15) is 4.31 Å². The van der Waals surface area contributed by atoms with Gasteiger partial charge in [0, 0.05) is 12.7 Å². The highest BCUT2D eigenvalue weighted by molar-refractivity contribution is 7.89. The minimum Gasteiger partial charge on any atom is -0.399 e. The van der Waals surface area contributed by atoms with E-state index in [2.05, 4.69) is 5.92 Å². The van der Waals surface area contributed by atoms with Crippen LogP contribution < -0.4 is 5.73 Å². The Kier molecular flexibility index (Phi) is 3.58. The van der Waals surface area contributed by atoms with E-state index in [0.29, 0.717) is 11.3 Å². The van der Waals surface area contributed by atoms with Gasteiger partial charge < -0.3 is 5.73 Å². The van der Waals surface area contributed by atoms with Crippen LogP contribution in [0.25, 0.3) is 0 Å². The summed E-state index contributed by atoms with van der Waals surface area (Å²) in [4.78, 5) is 0.199. The van der Waals surface area contributed by atoms with E-state index >= 15 is 0 Å². The average molecular weight is 238 g/mol. The van der Waals surface area contributed by atoms with Gasteiger partial charge in [0.2, 0.25) is 10.0 Å². The van der Waals surface area contributed by atoms with Gasteiger partial charge in [-0.05, 0) is 24.6 Å². The largest absolute Gasteiger partial charge is 0.399 e. The summed E-state index contributed by atoms with van der Waals surface area (Å²) in [5, 5.41) is 0. The van der Waals surface area contributed by atoms with E-state index in [1.807, 2.05) is 0 Å². The third-order valence-electron chi connectivity index (χ3n) is 2.21. The molecule has 4 nitrogen and oxygen atoms in total. The number of sulfonamides is 1. The summed E-state index contributed by atoms with van der Waals surface area (Å²) in [6.07, 6.45) is 5.09. The normalized spacial score (nSPS) is 11.4. The van der Waals surface area contributed by atoms with Gasteiger partial charge >= 0.3 is 0 Å². The molecule has 0 amide bonds. The Hall–Kier alpha value is -1.51. The lowest BCUT2D eigenvalue weighted by Crippen LogP contribution is -2.27. The zero-order chi connectivity index (χ0) is 12.3. The minimum absolute atomic E-state index is 0.0383. The van der Waals surface area contributed by atoms with Crippen LogP contribution >= 0.6 is 0 Å². The second-order valence-electron chi connectivity index (χ2n) is 3.49. The minimum atomic E-state index is -3.54. The molecule has 1 rings (SSSR count). The van der Waals surface area contributed by atoms with Crippen molar-refractivity contribution in [3.05, 3.63) is 23.8 Å². The number of hydrogen-bond donors (Lipinski definition) is 1. The number of nitrogen functional groups attached to an aromatic ring is 1. The standard InChI is InChI=1S/C11H14N2O2S/c1-4-7-13(3)16(14,15)11-8-10(12)6-5-9(11)2/h1,5-6,8H,7,12H2,2-3H3. The first-order valence-corrected chi connectivity index (χ1v) is 6.09. The van der Waals surface area contributed by atoms with Gasteiger partial charge in [-0.3, -0.25) is 0 Å². The van der Waals surface area contributed by atoms with E-state index in [4.69, 9.17) is 12.2 Å². The second kappa shape index (κ2) is 4.56. The average Bonchev–Trinajstić information content (AvgIpc) is 2.22. The number of aryl methyl sites for hydroxylation is 1. The van der Waals surface area contributed by atoms with Gasteiger partial charge in [-0.15, -0.1) is 6.42 Å². The van der Waals surface area contributed by atoms with Crippen molar-refractivity contribution < 1.29 is 8.42 Å². The van der Waals surface area contributed by atoms with Gasteiger partial charge in [0.15, 0.2) is 0 Å². The molecule has 0 radical (unpaired) electrons. The maximum Gasteiger partial charge on any atom is 0.244 e. The van der Waals surface area contributed by atoms with Crippen LogP contribution in [0.3, 0.4) is 0 Å². The van der Waals surface area contributed by atoms with E-state index in [-0.39, 0.29) is 11.4 Å². The summed E-state index contributed by atoms with van der Waals surface area (Å²) < 4.78 is 25.3. The van der Waals surface area contributed by atoms with Crippen molar-refractivity contribution in [3.63, 3.8) is 0 Å². The predicted molar refractivity (Wildman–Crippen MR) is 64.2 cm³/mol. The molecule has 0 aliphatic heterocycles. The first-order valence-electron chi connectivity index (χ1n) is 4.65. The lowest BCUT2D eigenvalue weighted by atomic mass is 10.2. The van der Waals surface area contributed by atoms with Crippen LogP contribution in [0.4, 0.5) is 5.69 Å². The number of nitrogens with zero attached hydrogens (tertiary/aromatic N) is 1. The first-order chi connectivity index (χ1) is 7.39. The third kappa shape index (κ3) is 2.35. The van der Waals surface area contributed by atoms with E-state index in [1.54, 1.807) is 19.1 Å². The Morgan fingerprint density at radius 2 is 2.12 bits per heavy atom. The molecular formula is C11H14N2O2S. The van der Waals surface area contributed by atoms with E-state index in [0.717, 1.165) is 4.31 Å². The second-order valence-corrected chi connectivity index (χ2v) is 5.50. The summed E-state index contributed by atoms with van der Waals surface area (Å²) >= 11 is 0. The molecule has 0 atom stereocenters. The van der Waals surface area contributed by atoms with Crippen molar-refractivity contribution in [2.24, 2.45) is 0 Å². The molecule has 0 spiro atoms. The number of terminal acetylenes is 1. The fourth-order valence-electron chi connectivity index (χ4n) is 1.28. The van der Waals surface area contributed by atoms with E-state index in [1.165, 1.54) is 13.1 Å². The zero-order valence-electron chi connectivity index (χ0n) is 9.27. The Bertz CT molecular complexity index is 529. The van der Waals surface area contributed by atoms with Gasteiger partial charge in [-0.25, -0.2) is 8.42 Å². The Morgan fingerprint density at radius 3 is 2.69 bits per heavy atom. The maximum atomic E-state index is 12.1. The number of hydrogen-bond acceptors (Lipinski definition) is 3. The highest BCUT2D eigenvalue weighted by Crippen LogP contribution is 2.21. The first kappa shape index (κ1) is 12.6. The summed E-state index contributed by atoms with van der Waals surface area (Å²) in [7, 11) is -2.10. The quantitative estimate of drug-likeness (QED) is 0.626. The summed E-state index contributed by atoms with van der Waals surface area (Å²) in [6, 6.07) is 4.78. The Morgan fingerprint density at radius 1 is 1.50 bits per heavy atom. The van der Waals surface area contributed by atoms with Gasteiger partial charge in [0.1, 0.15) is 0 Å². The molecule has 2 N–H and O–H groups in total. The van der Waals surface area contributed by atoms with Crippen molar-refractivity contribution in [1.29, 1.82) is 0 Å². The van der Waals surface area contributed by atoms with Crippen molar-refractivity contribution >= 4 is 15.7 Å². The number of rotatable bonds is 3. The van der Waals surface area contributed by atoms with E-state index in [9.17, 15) is 8.42 Å². The van der Waals surface area contributed by atoms with Gasteiger partial charge in [0.05, 0.1) is 11.4 Å². The Balaban J connectivity index is 3.28. The lowest BCUT2D eigenvalue weighted by Gasteiger charge is -2.16. The molecule has 1 aromatic rings. The molecule has 0 bridgehead atoms. The van der Waals surface area contributed by atoms with Crippen LogP contribution in [0.15, 0.2) is 23.1 Å². The van der Waals surface area contributed by atoms with Crippen LogP contribution in [0.5, 0.6) is 0 Å². The fraction of sp³-hybridized carbons (Fsp3) is 0.273. The molecule has 0 aliphatic rings. The molecule has 0 unspecified atom stereocenters. The van der Waals surface area contributed by atoms with Crippen LogP contribution in [0, 0.1) is 19.3 Å². The molecule has 16 heavy (non-hydrogen) atoms. The highest BCUT2D eigenvalue weighted by Gasteiger charge is 2.21. The summed E-state index contributed by atoms with van der Waals surface area (Å²) in [6.45, 7) is 1.76. The maximum absolute atomic E-state index is 12.1. The molecule has 0 heterocycles. The molecule has 1 aromatic carbocycles. The molecular weight excluding hydrogens is 224 g/mol. The zero-order valence-corrected chi connectivity index (χ0v) is 10.1. The van der Waals surface area contributed by atoms with Crippen LogP contribution in [0.1, 0.15) is 5.56 Å². The van der Waals surface area contributed by atoms with Crippen LogP contribution in [-0.2, 0) is 10.0 Å². The Labute approximate surface area is 96.1 Å². The van der Waals surface area contributed by atoms with Crippen molar-refractivity contribution in [2.45, 2.75) is 11.8 Å². The van der Waals surface area contributed by atoms with Crippen molar-refractivity contribution in [1.82, 2.24) is 4.31 Å². The lowest BCUT2D eigenvalue weighted by molar-refractivity contribution is 0.502. The van der Waals surface area contributed by atoms with Gasteiger partial charge in [0.25, 0.3) is 0 Å². The molecule has 0 fully saturated rings.